The maximum absolute atomic E-state index is 14.5. The minimum atomic E-state index is -0.737. The van der Waals surface area contributed by atoms with Gasteiger partial charge in [-0.1, -0.05) is 12.2 Å². The van der Waals surface area contributed by atoms with Gasteiger partial charge in [-0.05, 0) is 57.4 Å². The van der Waals surface area contributed by atoms with Crippen molar-refractivity contribution in [2.24, 2.45) is 0 Å². The minimum absolute atomic E-state index is 0.185. The summed E-state index contributed by atoms with van der Waals surface area (Å²) >= 11 is 0. The van der Waals surface area contributed by atoms with Crippen molar-refractivity contribution in [2.75, 3.05) is 11.4 Å². The van der Waals surface area contributed by atoms with Crippen molar-refractivity contribution in [1.29, 1.82) is 0 Å². The van der Waals surface area contributed by atoms with Crippen LogP contribution in [-0.2, 0) is 14.3 Å². The number of carbonyl (C=O) groups excluding carboxylic acids is 3. The Morgan fingerprint density at radius 3 is 2.61 bits per heavy atom. The van der Waals surface area contributed by atoms with Gasteiger partial charge in [-0.3, -0.25) is 14.5 Å². The van der Waals surface area contributed by atoms with Gasteiger partial charge in [-0.2, -0.15) is 0 Å². The molecule has 168 valence electrons. The Hall–Kier alpha value is -3.16. The molecular weight excluding hydrogens is 401 g/mol. The van der Waals surface area contributed by atoms with Crippen molar-refractivity contribution >= 4 is 23.6 Å². The van der Waals surface area contributed by atoms with Gasteiger partial charge in [-0.15, -0.1) is 13.2 Å². The molecule has 0 bridgehead atoms. The fraction of sp³-hybridized carbons (Fsp3) is 0.435. The average Bonchev–Trinajstić information content (AvgIpc) is 3.05. The van der Waals surface area contributed by atoms with Gasteiger partial charge in [0.2, 0.25) is 11.8 Å². The average molecular weight is 432 g/mol. The first-order valence-corrected chi connectivity index (χ1v) is 10.2. The highest BCUT2D eigenvalue weighted by atomic mass is 19.1. The first-order valence-electron chi connectivity index (χ1n) is 10.2. The van der Waals surface area contributed by atoms with Crippen LogP contribution >= 0.6 is 0 Å². The number of ether oxygens (including phenoxy) is 1. The van der Waals surface area contributed by atoms with Crippen molar-refractivity contribution in [3.63, 3.8) is 0 Å². The number of anilines is 1. The Balaban J connectivity index is 2.34. The molecule has 0 aliphatic carbocycles. The third kappa shape index (κ3) is 6.67. The Labute approximate surface area is 182 Å². The van der Waals surface area contributed by atoms with Gasteiger partial charge in [0.1, 0.15) is 17.5 Å². The van der Waals surface area contributed by atoms with Crippen molar-refractivity contribution in [2.45, 2.75) is 57.7 Å². The molecule has 0 spiro atoms. The fourth-order valence-corrected chi connectivity index (χ4v) is 3.38. The van der Waals surface area contributed by atoms with Gasteiger partial charge >= 0.3 is 6.09 Å². The summed E-state index contributed by atoms with van der Waals surface area (Å²) in [5.41, 5.74) is 0.00573. The fourth-order valence-electron chi connectivity index (χ4n) is 3.38. The predicted molar refractivity (Wildman–Crippen MR) is 117 cm³/mol. The lowest BCUT2D eigenvalue weighted by atomic mass is 10.0. The number of alkyl carbamates (subject to hydrolysis) is 1. The van der Waals surface area contributed by atoms with Gasteiger partial charge in [0.05, 0.1) is 6.04 Å². The monoisotopic (exact) mass is 431 g/mol. The van der Waals surface area contributed by atoms with Crippen LogP contribution in [0.4, 0.5) is 14.9 Å². The smallest absolute Gasteiger partial charge is 0.408 e. The lowest BCUT2D eigenvalue weighted by Crippen LogP contribution is -2.45. The van der Waals surface area contributed by atoms with E-state index in [1.165, 1.54) is 17.0 Å². The molecule has 2 atom stereocenters. The zero-order valence-electron chi connectivity index (χ0n) is 18.2. The molecule has 2 N–H and O–H groups in total. The molecule has 1 heterocycles. The van der Waals surface area contributed by atoms with Crippen molar-refractivity contribution in [3.8, 4) is 0 Å². The number of hydrogen-bond donors (Lipinski definition) is 2. The Bertz CT molecular complexity index is 863. The molecule has 2 unspecified atom stereocenters. The number of nitrogens with one attached hydrogen (secondary N) is 2. The molecule has 0 saturated carbocycles. The highest BCUT2D eigenvalue weighted by Crippen LogP contribution is 2.31. The van der Waals surface area contributed by atoms with Gasteiger partial charge in [-0.25, -0.2) is 9.18 Å². The highest BCUT2D eigenvalue weighted by Gasteiger charge is 2.37. The summed E-state index contributed by atoms with van der Waals surface area (Å²) in [5, 5.41) is 5.40. The molecule has 0 aromatic heterocycles. The number of benzene rings is 1. The van der Waals surface area contributed by atoms with E-state index in [-0.39, 0.29) is 30.5 Å². The number of rotatable bonds is 8. The normalized spacial score (nSPS) is 17.1. The molecule has 1 fully saturated rings. The molecule has 1 aromatic rings. The molecule has 1 saturated heterocycles. The number of amides is 3. The first-order chi connectivity index (χ1) is 14.6. The number of halogens is 1. The molecule has 31 heavy (non-hydrogen) atoms. The maximum atomic E-state index is 14.5. The summed E-state index contributed by atoms with van der Waals surface area (Å²) in [6.07, 6.45) is 3.33. The van der Waals surface area contributed by atoms with Crippen LogP contribution in [0.1, 0.15) is 51.6 Å². The zero-order valence-corrected chi connectivity index (χ0v) is 18.2. The van der Waals surface area contributed by atoms with Crippen LogP contribution in [0.3, 0.4) is 0 Å². The SMILES string of the molecule is C=CCNC(=O)C1CCC(=O)N1c1cc(F)cc(C(CC=C)NC(=O)OC(C)(C)C)c1. The van der Waals surface area contributed by atoms with Crippen LogP contribution in [0.15, 0.2) is 43.5 Å². The molecule has 1 aromatic carbocycles. The topological polar surface area (TPSA) is 87.7 Å². The Morgan fingerprint density at radius 1 is 1.29 bits per heavy atom. The van der Waals surface area contributed by atoms with Crippen LogP contribution in [-0.4, -0.2) is 36.1 Å². The summed E-state index contributed by atoms with van der Waals surface area (Å²) in [6.45, 7) is 12.8. The van der Waals surface area contributed by atoms with Gasteiger partial charge < -0.3 is 15.4 Å². The van der Waals surface area contributed by atoms with E-state index in [9.17, 15) is 18.8 Å². The number of carbonyl (C=O) groups is 3. The molecule has 2 rings (SSSR count). The molecule has 3 amide bonds. The number of hydrogen-bond acceptors (Lipinski definition) is 4. The van der Waals surface area contributed by atoms with Crippen LogP contribution < -0.4 is 15.5 Å². The molecule has 1 aliphatic heterocycles. The third-order valence-electron chi connectivity index (χ3n) is 4.61. The molecule has 7 nitrogen and oxygen atoms in total. The first kappa shape index (κ1) is 24.1. The van der Waals surface area contributed by atoms with E-state index in [0.717, 1.165) is 0 Å². The second kappa shape index (κ2) is 10.2. The second-order valence-electron chi connectivity index (χ2n) is 8.32. The van der Waals surface area contributed by atoms with E-state index in [0.29, 0.717) is 18.4 Å². The van der Waals surface area contributed by atoms with Crippen molar-refractivity contribution in [3.05, 3.63) is 54.9 Å². The summed E-state index contributed by atoms with van der Waals surface area (Å²) in [7, 11) is 0. The predicted octanol–water partition coefficient (Wildman–Crippen LogP) is 3.77. The van der Waals surface area contributed by atoms with Gasteiger partial charge in [0.25, 0.3) is 0 Å². The van der Waals surface area contributed by atoms with E-state index in [2.05, 4.69) is 23.8 Å². The van der Waals surface area contributed by atoms with Crippen LogP contribution in [0.25, 0.3) is 0 Å². The molecule has 1 aliphatic rings. The minimum Gasteiger partial charge on any atom is -0.444 e. The van der Waals surface area contributed by atoms with Gasteiger partial charge in [0.15, 0.2) is 0 Å². The Morgan fingerprint density at radius 2 is 2.00 bits per heavy atom. The number of nitrogens with zero attached hydrogens (tertiary/aromatic N) is 1. The Kier molecular flexibility index (Phi) is 7.96. The quantitative estimate of drug-likeness (QED) is 0.614. The van der Waals surface area contributed by atoms with E-state index < -0.39 is 29.6 Å². The van der Waals surface area contributed by atoms with Crippen molar-refractivity contribution < 1.29 is 23.5 Å². The van der Waals surface area contributed by atoms with Crippen LogP contribution in [0.2, 0.25) is 0 Å². The van der Waals surface area contributed by atoms with E-state index in [1.807, 2.05) is 0 Å². The highest BCUT2D eigenvalue weighted by molar-refractivity contribution is 6.03. The lowest BCUT2D eigenvalue weighted by Gasteiger charge is -2.27. The van der Waals surface area contributed by atoms with Crippen molar-refractivity contribution in [1.82, 2.24) is 10.6 Å². The molecule has 8 heteroatoms. The summed E-state index contributed by atoms with van der Waals surface area (Å²) < 4.78 is 19.8. The third-order valence-corrected chi connectivity index (χ3v) is 4.61. The van der Waals surface area contributed by atoms with Crippen LogP contribution in [0, 0.1) is 5.82 Å². The lowest BCUT2D eigenvalue weighted by molar-refractivity contribution is -0.123. The summed E-state index contributed by atoms with van der Waals surface area (Å²) in [4.78, 5) is 38.6. The zero-order chi connectivity index (χ0) is 23.2. The standard InChI is InChI=1S/C23H30FN3O4/c1-6-8-18(26-22(30)31-23(3,4)5)15-12-16(24)14-17(13-15)27-19(9-10-20(27)28)21(29)25-11-7-2/h6-7,12-14,18-19H,1-2,8-11H2,3-5H3,(H,25,29)(H,26,30). The largest absolute Gasteiger partial charge is 0.444 e. The summed E-state index contributed by atoms with van der Waals surface area (Å²) in [5.74, 6) is -1.18. The van der Waals surface area contributed by atoms with E-state index >= 15 is 0 Å². The van der Waals surface area contributed by atoms with Crippen LogP contribution in [0.5, 0.6) is 0 Å². The molecule has 0 radical (unpaired) electrons. The second-order valence-corrected chi connectivity index (χ2v) is 8.32. The van der Waals surface area contributed by atoms with E-state index in [4.69, 9.17) is 4.74 Å². The summed E-state index contributed by atoms with van der Waals surface area (Å²) in [6, 6.07) is 2.73. The van der Waals surface area contributed by atoms with Gasteiger partial charge in [0, 0.05) is 18.7 Å². The molecular formula is C23H30FN3O4. The maximum Gasteiger partial charge on any atom is 0.408 e. The van der Waals surface area contributed by atoms with E-state index in [1.54, 1.807) is 39.0 Å².